The lowest BCUT2D eigenvalue weighted by atomic mass is 10.1. The van der Waals surface area contributed by atoms with Crippen LogP contribution in [0.15, 0.2) is 0 Å². The summed E-state index contributed by atoms with van der Waals surface area (Å²) >= 11 is 0. The second kappa shape index (κ2) is 8.87. The van der Waals surface area contributed by atoms with Gasteiger partial charge in [-0.3, -0.25) is 9.59 Å². The van der Waals surface area contributed by atoms with Gasteiger partial charge in [-0.1, -0.05) is 0 Å². The number of piperidine rings is 1. The predicted molar refractivity (Wildman–Crippen MR) is 72.5 cm³/mol. The Morgan fingerprint density at radius 1 is 1.32 bits per heavy atom. The molecular weight excluding hydrogens is 246 g/mol. The molecule has 1 aliphatic heterocycles. The molecule has 1 aliphatic rings. The fourth-order valence-electron chi connectivity index (χ4n) is 2.06. The lowest BCUT2D eigenvalue weighted by Gasteiger charge is -2.30. The third-order valence-electron chi connectivity index (χ3n) is 3.31. The van der Waals surface area contributed by atoms with Gasteiger partial charge < -0.3 is 20.7 Å². The standard InChI is InChI=1S/C13H25N3O3/c1-19-10-2-7-15-12(17)3-4-13(18)16-8-5-11(14)6-9-16/h11H,2-10,14H2,1H3,(H,15,17). The van der Waals surface area contributed by atoms with E-state index in [1.807, 2.05) is 4.90 Å². The number of amides is 2. The van der Waals surface area contributed by atoms with Crippen LogP contribution in [0.5, 0.6) is 0 Å². The normalized spacial score (nSPS) is 16.4. The summed E-state index contributed by atoms with van der Waals surface area (Å²) in [7, 11) is 1.63. The van der Waals surface area contributed by atoms with Crippen molar-refractivity contribution in [3.8, 4) is 0 Å². The zero-order chi connectivity index (χ0) is 14.1. The third kappa shape index (κ3) is 6.54. The Hall–Kier alpha value is -1.14. The van der Waals surface area contributed by atoms with Gasteiger partial charge >= 0.3 is 0 Å². The molecule has 0 aromatic carbocycles. The molecule has 2 amide bonds. The van der Waals surface area contributed by atoms with Crippen LogP contribution in [0.25, 0.3) is 0 Å². The minimum atomic E-state index is -0.0711. The Morgan fingerprint density at radius 3 is 2.63 bits per heavy atom. The van der Waals surface area contributed by atoms with E-state index < -0.39 is 0 Å². The summed E-state index contributed by atoms with van der Waals surface area (Å²) in [6.45, 7) is 2.66. The predicted octanol–water partition coefficient (Wildman–Crippen LogP) is -0.131. The molecule has 1 fully saturated rings. The molecule has 0 aromatic rings. The molecule has 0 aliphatic carbocycles. The van der Waals surface area contributed by atoms with Gasteiger partial charge in [-0.05, 0) is 19.3 Å². The lowest BCUT2D eigenvalue weighted by Crippen LogP contribution is -2.43. The average molecular weight is 271 g/mol. The third-order valence-corrected chi connectivity index (χ3v) is 3.31. The van der Waals surface area contributed by atoms with Crippen molar-refractivity contribution in [1.29, 1.82) is 0 Å². The summed E-state index contributed by atoms with van der Waals surface area (Å²) in [6.07, 6.45) is 3.05. The molecule has 0 bridgehead atoms. The summed E-state index contributed by atoms with van der Waals surface area (Å²) in [4.78, 5) is 25.2. The first-order chi connectivity index (χ1) is 9.13. The van der Waals surface area contributed by atoms with Crippen molar-refractivity contribution in [2.45, 2.75) is 38.1 Å². The Balaban J connectivity index is 2.10. The van der Waals surface area contributed by atoms with Crippen LogP contribution in [0.2, 0.25) is 0 Å². The average Bonchev–Trinajstić information content (AvgIpc) is 2.42. The fraction of sp³-hybridized carbons (Fsp3) is 0.846. The highest BCUT2D eigenvalue weighted by atomic mass is 16.5. The highest BCUT2D eigenvalue weighted by Crippen LogP contribution is 2.10. The van der Waals surface area contributed by atoms with Crippen LogP contribution in [-0.4, -0.2) is 56.1 Å². The number of rotatable bonds is 7. The van der Waals surface area contributed by atoms with Gasteiger partial charge in [-0.2, -0.15) is 0 Å². The summed E-state index contributed by atoms with van der Waals surface area (Å²) in [5.41, 5.74) is 5.79. The number of nitrogens with zero attached hydrogens (tertiary/aromatic N) is 1. The van der Waals surface area contributed by atoms with Crippen LogP contribution in [-0.2, 0) is 14.3 Å². The number of hydrogen-bond donors (Lipinski definition) is 2. The van der Waals surface area contributed by atoms with Crippen LogP contribution in [0, 0.1) is 0 Å². The molecule has 110 valence electrons. The topological polar surface area (TPSA) is 84.7 Å². The zero-order valence-corrected chi connectivity index (χ0v) is 11.7. The second-order valence-corrected chi connectivity index (χ2v) is 4.91. The molecule has 6 heteroatoms. The molecule has 0 atom stereocenters. The van der Waals surface area contributed by atoms with Crippen molar-refractivity contribution in [2.75, 3.05) is 33.4 Å². The molecule has 0 saturated carbocycles. The number of likely N-dealkylation sites (tertiary alicyclic amines) is 1. The zero-order valence-electron chi connectivity index (χ0n) is 11.7. The van der Waals surface area contributed by atoms with Gasteiger partial charge in [-0.25, -0.2) is 0 Å². The number of carbonyl (C=O) groups is 2. The molecule has 3 N–H and O–H groups in total. The van der Waals surface area contributed by atoms with Gasteiger partial charge in [-0.15, -0.1) is 0 Å². The van der Waals surface area contributed by atoms with E-state index >= 15 is 0 Å². The molecule has 1 rings (SSSR count). The van der Waals surface area contributed by atoms with Crippen molar-refractivity contribution >= 4 is 11.8 Å². The van der Waals surface area contributed by atoms with Gasteiger partial charge in [0.2, 0.25) is 11.8 Å². The fourth-order valence-corrected chi connectivity index (χ4v) is 2.06. The van der Waals surface area contributed by atoms with Crippen LogP contribution in [0.1, 0.15) is 32.1 Å². The summed E-state index contributed by atoms with van der Waals surface area (Å²) in [6, 6.07) is 0.216. The summed E-state index contributed by atoms with van der Waals surface area (Å²) in [5, 5.41) is 2.77. The minimum Gasteiger partial charge on any atom is -0.385 e. The smallest absolute Gasteiger partial charge is 0.223 e. The number of hydrogen-bond acceptors (Lipinski definition) is 4. The first-order valence-electron chi connectivity index (χ1n) is 6.92. The Labute approximate surface area is 114 Å². The molecular formula is C13H25N3O3. The van der Waals surface area contributed by atoms with Gasteiger partial charge in [0.05, 0.1) is 0 Å². The Kier molecular flexibility index (Phi) is 7.43. The summed E-state index contributed by atoms with van der Waals surface area (Å²) < 4.78 is 4.89. The van der Waals surface area contributed by atoms with Crippen molar-refractivity contribution in [2.24, 2.45) is 5.73 Å². The maximum atomic E-state index is 11.9. The number of nitrogens with two attached hydrogens (primary N) is 1. The minimum absolute atomic E-state index is 0.0546. The quantitative estimate of drug-likeness (QED) is 0.632. The summed E-state index contributed by atoms with van der Waals surface area (Å²) in [5.74, 6) is -0.0166. The van der Waals surface area contributed by atoms with E-state index in [0.717, 1.165) is 32.4 Å². The second-order valence-electron chi connectivity index (χ2n) is 4.91. The Bertz CT molecular complexity index is 289. The van der Waals surface area contributed by atoms with E-state index in [0.29, 0.717) is 13.2 Å². The van der Waals surface area contributed by atoms with Crippen molar-refractivity contribution in [1.82, 2.24) is 10.2 Å². The van der Waals surface area contributed by atoms with E-state index in [1.165, 1.54) is 0 Å². The van der Waals surface area contributed by atoms with Gasteiger partial charge in [0.25, 0.3) is 0 Å². The number of nitrogens with one attached hydrogen (secondary N) is 1. The molecule has 0 aromatic heterocycles. The monoisotopic (exact) mass is 271 g/mol. The highest BCUT2D eigenvalue weighted by Gasteiger charge is 2.20. The van der Waals surface area contributed by atoms with Gasteiger partial charge in [0.1, 0.15) is 0 Å². The SMILES string of the molecule is COCCCNC(=O)CCC(=O)N1CCC(N)CC1. The van der Waals surface area contributed by atoms with Crippen LogP contribution in [0.4, 0.5) is 0 Å². The van der Waals surface area contributed by atoms with Gasteiger partial charge in [0, 0.05) is 52.2 Å². The largest absolute Gasteiger partial charge is 0.385 e. The Morgan fingerprint density at radius 2 is 2.00 bits per heavy atom. The molecule has 1 saturated heterocycles. The highest BCUT2D eigenvalue weighted by molar-refractivity contribution is 5.83. The van der Waals surface area contributed by atoms with E-state index in [4.69, 9.17) is 10.5 Å². The number of carbonyl (C=O) groups excluding carboxylic acids is 2. The van der Waals surface area contributed by atoms with E-state index in [9.17, 15) is 9.59 Å². The number of ether oxygens (including phenoxy) is 1. The van der Waals surface area contributed by atoms with Crippen LogP contribution >= 0.6 is 0 Å². The molecule has 1 heterocycles. The first-order valence-corrected chi connectivity index (χ1v) is 6.92. The molecule has 6 nitrogen and oxygen atoms in total. The lowest BCUT2D eigenvalue weighted by molar-refractivity contribution is -0.134. The first kappa shape index (κ1) is 15.9. The maximum Gasteiger partial charge on any atom is 0.223 e. The number of methoxy groups -OCH3 is 1. The molecule has 0 unspecified atom stereocenters. The molecule has 0 radical (unpaired) electrons. The van der Waals surface area contributed by atoms with Crippen molar-refractivity contribution in [3.05, 3.63) is 0 Å². The van der Waals surface area contributed by atoms with Crippen LogP contribution in [0.3, 0.4) is 0 Å². The molecule has 19 heavy (non-hydrogen) atoms. The van der Waals surface area contributed by atoms with Gasteiger partial charge in [0.15, 0.2) is 0 Å². The van der Waals surface area contributed by atoms with E-state index in [1.54, 1.807) is 7.11 Å². The molecule has 0 spiro atoms. The van der Waals surface area contributed by atoms with E-state index in [2.05, 4.69) is 5.32 Å². The maximum absolute atomic E-state index is 11.9. The van der Waals surface area contributed by atoms with Crippen molar-refractivity contribution in [3.63, 3.8) is 0 Å². The van der Waals surface area contributed by atoms with E-state index in [-0.39, 0.29) is 30.7 Å². The van der Waals surface area contributed by atoms with Crippen LogP contribution < -0.4 is 11.1 Å². The van der Waals surface area contributed by atoms with Crippen molar-refractivity contribution < 1.29 is 14.3 Å².